The molecule has 2 aliphatic heterocycles. The van der Waals surface area contributed by atoms with Gasteiger partial charge in [0, 0.05) is 0 Å². The van der Waals surface area contributed by atoms with Gasteiger partial charge in [0.05, 0.1) is 0 Å². The predicted octanol–water partition coefficient (Wildman–Crippen LogP) is -1.52. The average molecular weight is 150 g/mol. The van der Waals surface area contributed by atoms with E-state index >= 15 is 0 Å². The van der Waals surface area contributed by atoms with Crippen LogP contribution in [0.25, 0.3) is 0 Å². The third-order valence-electron chi connectivity index (χ3n) is 1.55. The topological polar surface area (TPSA) is 101 Å². The van der Waals surface area contributed by atoms with Crippen molar-refractivity contribution in [2.24, 2.45) is 31.4 Å². The molecule has 2 rings (SSSR count). The van der Waals surface area contributed by atoms with Crippen LogP contribution in [0.1, 0.15) is 0 Å². The summed E-state index contributed by atoms with van der Waals surface area (Å²) in [6, 6.07) is 0. The van der Waals surface area contributed by atoms with Crippen molar-refractivity contribution in [2.45, 2.75) is 5.66 Å². The van der Waals surface area contributed by atoms with Crippen LogP contribution in [0.3, 0.4) is 0 Å². The summed E-state index contributed by atoms with van der Waals surface area (Å²) in [6.45, 7) is 0. The van der Waals surface area contributed by atoms with E-state index in [4.69, 9.17) is 11.5 Å². The Bertz CT molecular complexity index is 311. The molecule has 0 bridgehead atoms. The largest absolute Gasteiger partial charge is 0.383 e. The molecule has 0 amide bonds. The van der Waals surface area contributed by atoms with Crippen LogP contribution in [0.5, 0.6) is 0 Å². The van der Waals surface area contributed by atoms with E-state index in [9.17, 15) is 0 Å². The Morgan fingerprint density at radius 2 is 2.09 bits per heavy atom. The number of aliphatic imine (C=N–C) groups is 4. The maximum Gasteiger partial charge on any atom is 0.227 e. The van der Waals surface area contributed by atoms with Gasteiger partial charge in [0.25, 0.3) is 0 Å². The molecule has 1 unspecified atom stereocenters. The Labute approximate surface area is 62.4 Å². The van der Waals surface area contributed by atoms with Crippen LogP contribution in [0.2, 0.25) is 0 Å². The SMILES string of the molecule is NC1=NC=NC2=NC=NC12N. The van der Waals surface area contributed by atoms with Crippen molar-refractivity contribution in [1.82, 2.24) is 0 Å². The van der Waals surface area contributed by atoms with Crippen molar-refractivity contribution in [3.05, 3.63) is 0 Å². The summed E-state index contributed by atoms with van der Waals surface area (Å²) in [5.74, 6) is 0.616. The molecule has 1 atom stereocenters. The van der Waals surface area contributed by atoms with Crippen molar-refractivity contribution in [2.75, 3.05) is 0 Å². The van der Waals surface area contributed by atoms with Gasteiger partial charge in [-0.15, -0.1) is 0 Å². The Morgan fingerprint density at radius 3 is 2.82 bits per heavy atom. The highest BCUT2D eigenvalue weighted by Crippen LogP contribution is 2.14. The van der Waals surface area contributed by atoms with E-state index < -0.39 is 5.66 Å². The van der Waals surface area contributed by atoms with Crippen LogP contribution in [0.4, 0.5) is 0 Å². The summed E-state index contributed by atoms with van der Waals surface area (Å²) in [5, 5.41) is 0. The highest BCUT2D eigenvalue weighted by atomic mass is 15.3. The zero-order chi connectivity index (χ0) is 7.90. The van der Waals surface area contributed by atoms with Crippen molar-refractivity contribution in [3.63, 3.8) is 0 Å². The van der Waals surface area contributed by atoms with Gasteiger partial charge in [0.1, 0.15) is 12.7 Å². The molecule has 2 heterocycles. The second-order valence-electron chi connectivity index (χ2n) is 2.22. The predicted molar refractivity (Wildman–Crippen MR) is 43.0 cm³/mol. The Kier molecular flexibility index (Phi) is 0.970. The molecule has 0 aromatic rings. The fraction of sp³-hybridized carbons (Fsp3) is 0.200. The lowest BCUT2D eigenvalue weighted by Crippen LogP contribution is -2.56. The van der Waals surface area contributed by atoms with Crippen LogP contribution in [0, 0.1) is 0 Å². The van der Waals surface area contributed by atoms with E-state index in [2.05, 4.69) is 20.0 Å². The lowest BCUT2D eigenvalue weighted by Gasteiger charge is -2.21. The van der Waals surface area contributed by atoms with Gasteiger partial charge < -0.3 is 5.73 Å². The quantitative estimate of drug-likeness (QED) is 0.438. The molecule has 0 aromatic carbocycles. The van der Waals surface area contributed by atoms with Crippen molar-refractivity contribution < 1.29 is 0 Å². The van der Waals surface area contributed by atoms with Gasteiger partial charge in [-0.3, -0.25) is 5.73 Å². The normalized spacial score (nSPS) is 33.2. The minimum Gasteiger partial charge on any atom is -0.383 e. The van der Waals surface area contributed by atoms with E-state index in [1.54, 1.807) is 0 Å². The molecule has 0 aromatic heterocycles. The molecule has 56 valence electrons. The monoisotopic (exact) mass is 150 g/mol. The van der Waals surface area contributed by atoms with Gasteiger partial charge in [-0.25, -0.2) is 20.0 Å². The average Bonchev–Trinajstić information content (AvgIpc) is 2.34. The maximum absolute atomic E-state index is 5.71. The first-order chi connectivity index (χ1) is 5.23. The van der Waals surface area contributed by atoms with Crippen molar-refractivity contribution in [3.8, 4) is 0 Å². The highest BCUT2D eigenvalue weighted by Gasteiger charge is 2.39. The third-order valence-corrected chi connectivity index (χ3v) is 1.55. The molecular formula is C5H6N6. The summed E-state index contributed by atoms with van der Waals surface area (Å²) in [6.07, 6.45) is 2.65. The maximum atomic E-state index is 5.71. The molecule has 4 N–H and O–H groups in total. The van der Waals surface area contributed by atoms with Crippen LogP contribution >= 0.6 is 0 Å². The van der Waals surface area contributed by atoms with E-state index in [1.807, 2.05) is 0 Å². The number of hydrogen-bond donors (Lipinski definition) is 2. The molecule has 0 saturated carbocycles. The van der Waals surface area contributed by atoms with E-state index in [0.29, 0.717) is 5.84 Å². The third kappa shape index (κ3) is 0.637. The minimum absolute atomic E-state index is 0.222. The number of nitrogens with zero attached hydrogens (tertiary/aromatic N) is 4. The van der Waals surface area contributed by atoms with Gasteiger partial charge in [-0.2, -0.15) is 0 Å². The fourth-order valence-electron chi connectivity index (χ4n) is 0.887. The summed E-state index contributed by atoms with van der Waals surface area (Å²) in [4.78, 5) is 15.2. The van der Waals surface area contributed by atoms with Gasteiger partial charge in [0.15, 0.2) is 11.7 Å². The number of hydrogen-bond acceptors (Lipinski definition) is 6. The number of amidine groups is 2. The Morgan fingerprint density at radius 1 is 1.27 bits per heavy atom. The molecule has 11 heavy (non-hydrogen) atoms. The fourth-order valence-corrected chi connectivity index (χ4v) is 0.887. The molecular weight excluding hydrogens is 144 g/mol. The van der Waals surface area contributed by atoms with E-state index in [0.717, 1.165) is 0 Å². The first-order valence-corrected chi connectivity index (χ1v) is 3.00. The Hall–Kier alpha value is -1.56. The number of rotatable bonds is 0. The lowest BCUT2D eigenvalue weighted by atomic mass is 10.1. The first kappa shape index (κ1) is 6.17. The molecule has 6 nitrogen and oxygen atoms in total. The van der Waals surface area contributed by atoms with Gasteiger partial charge in [0.2, 0.25) is 5.66 Å². The van der Waals surface area contributed by atoms with Crippen LogP contribution < -0.4 is 11.5 Å². The summed E-state index contributed by atoms with van der Waals surface area (Å²) in [5.41, 5.74) is 10.1. The van der Waals surface area contributed by atoms with Gasteiger partial charge in [-0.05, 0) is 0 Å². The molecule has 2 aliphatic rings. The van der Waals surface area contributed by atoms with Gasteiger partial charge >= 0.3 is 0 Å². The standard InChI is InChI=1S/C5H6N6/c6-3-5(7)4(9-1-8-3)10-2-11-5/h1-2H,7H2,(H2,6,8,9,10,11). The Balaban J connectivity index is 2.56. The van der Waals surface area contributed by atoms with Crippen LogP contribution in [-0.4, -0.2) is 30.0 Å². The summed E-state index contributed by atoms with van der Waals surface area (Å²) < 4.78 is 0. The zero-order valence-corrected chi connectivity index (χ0v) is 5.60. The number of nitrogens with two attached hydrogens (primary N) is 2. The second kappa shape index (κ2) is 1.73. The molecule has 0 saturated heterocycles. The number of fused-ring (bicyclic) bond motifs is 1. The highest BCUT2D eigenvalue weighted by molar-refractivity contribution is 6.22. The van der Waals surface area contributed by atoms with Crippen LogP contribution in [-0.2, 0) is 0 Å². The smallest absolute Gasteiger partial charge is 0.227 e. The molecule has 0 fully saturated rings. The van der Waals surface area contributed by atoms with E-state index in [-0.39, 0.29) is 5.84 Å². The second-order valence-corrected chi connectivity index (χ2v) is 2.22. The molecule has 0 spiro atoms. The molecule has 6 heteroatoms. The molecule has 0 radical (unpaired) electrons. The summed E-state index contributed by atoms with van der Waals surface area (Å²) >= 11 is 0. The van der Waals surface area contributed by atoms with E-state index in [1.165, 1.54) is 12.7 Å². The van der Waals surface area contributed by atoms with Crippen molar-refractivity contribution >= 4 is 24.3 Å². The van der Waals surface area contributed by atoms with Gasteiger partial charge in [-0.1, -0.05) is 0 Å². The van der Waals surface area contributed by atoms with Crippen LogP contribution in [0.15, 0.2) is 20.0 Å². The first-order valence-electron chi connectivity index (χ1n) is 3.00. The minimum atomic E-state index is -1.10. The lowest BCUT2D eigenvalue weighted by molar-refractivity contribution is 0.787. The summed E-state index contributed by atoms with van der Waals surface area (Å²) in [7, 11) is 0. The zero-order valence-electron chi connectivity index (χ0n) is 5.60. The van der Waals surface area contributed by atoms with Crippen molar-refractivity contribution in [1.29, 1.82) is 0 Å². The molecule has 0 aliphatic carbocycles.